The van der Waals surface area contributed by atoms with Crippen molar-refractivity contribution in [1.29, 1.82) is 0 Å². The zero-order valence-electron chi connectivity index (χ0n) is 19.2. The molecule has 2 aliphatic heterocycles. The molecule has 3 aliphatic rings. The van der Waals surface area contributed by atoms with E-state index in [2.05, 4.69) is 10.6 Å². The number of carbonyl (C=O) groups excluding carboxylic acids is 5. The molecule has 0 aromatic heterocycles. The number of primary amides is 1. The molecule has 11 heteroatoms. The molecule has 0 spiro atoms. The van der Waals surface area contributed by atoms with Crippen LogP contribution in [0, 0.1) is 0 Å². The SMILES string of the molecule is NC(=O)OC1CC(Oc2ccc(C(=O)Nc3ccc4c(c3)CN(C3CCC(=O)NC3=O)C4=O)cc2)C1. The van der Waals surface area contributed by atoms with Crippen LogP contribution in [0.25, 0.3) is 0 Å². The monoisotopic (exact) mass is 492 g/mol. The lowest BCUT2D eigenvalue weighted by molar-refractivity contribution is -0.136. The van der Waals surface area contributed by atoms with Gasteiger partial charge in [-0.25, -0.2) is 4.79 Å². The Bertz CT molecular complexity index is 1250. The maximum absolute atomic E-state index is 12.8. The average molecular weight is 492 g/mol. The maximum Gasteiger partial charge on any atom is 0.404 e. The highest BCUT2D eigenvalue weighted by Gasteiger charge is 2.39. The number of piperidine rings is 1. The third-order valence-corrected chi connectivity index (χ3v) is 6.54. The number of nitrogens with one attached hydrogen (secondary N) is 2. The molecule has 1 aliphatic carbocycles. The summed E-state index contributed by atoms with van der Waals surface area (Å²) < 4.78 is 10.7. The van der Waals surface area contributed by atoms with Gasteiger partial charge in [-0.1, -0.05) is 0 Å². The van der Waals surface area contributed by atoms with Crippen molar-refractivity contribution >= 4 is 35.4 Å². The Morgan fingerprint density at radius 1 is 1.03 bits per heavy atom. The molecule has 1 atom stereocenters. The Balaban J connectivity index is 1.18. The zero-order valence-corrected chi connectivity index (χ0v) is 19.2. The second-order valence-corrected chi connectivity index (χ2v) is 9.02. The first-order chi connectivity index (χ1) is 17.3. The lowest BCUT2D eigenvalue weighted by atomic mass is 9.92. The minimum atomic E-state index is -0.796. The Labute approximate surface area is 205 Å². The predicted molar refractivity (Wildman–Crippen MR) is 125 cm³/mol. The van der Waals surface area contributed by atoms with Crippen molar-refractivity contribution in [2.45, 2.75) is 50.5 Å². The molecule has 2 fully saturated rings. The number of fused-ring (bicyclic) bond motifs is 1. The van der Waals surface area contributed by atoms with Crippen molar-refractivity contribution in [2.75, 3.05) is 5.32 Å². The molecule has 2 aromatic rings. The molecular weight excluding hydrogens is 468 g/mol. The number of anilines is 1. The first-order valence-corrected chi connectivity index (χ1v) is 11.6. The summed E-state index contributed by atoms with van der Waals surface area (Å²) in [6, 6.07) is 11.0. The average Bonchev–Trinajstić information content (AvgIpc) is 3.13. The number of ether oxygens (including phenoxy) is 2. The van der Waals surface area contributed by atoms with Crippen LogP contribution in [0.15, 0.2) is 42.5 Å². The Kier molecular flexibility index (Phi) is 6.05. The van der Waals surface area contributed by atoms with Gasteiger partial charge in [0, 0.05) is 42.6 Å². The molecule has 0 bridgehead atoms. The fourth-order valence-corrected chi connectivity index (χ4v) is 4.61. The van der Waals surface area contributed by atoms with Crippen LogP contribution < -0.4 is 21.1 Å². The molecule has 1 unspecified atom stereocenters. The molecule has 0 radical (unpaired) electrons. The van der Waals surface area contributed by atoms with Crippen LogP contribution in [0.5, 0.6) is 5.75 Å². The summed E-state index contributed by atoms with van der Waals surface area (Å²) in [5.74, 6) is -0.807. The van der Waals surface area contributed by atoms with Gasteiger partial charge in [-0.3, -0.25) is 24.5 Å². The fourth-order valence-electron chi connectivity index (χ4n) is 4.61. The molecule has 2 aromatic carbocycles. The molecule has 5 amide bonds. The maximum atomic E-state index is 12.8. The lowest BCUT2D eigenvalue weighted by Gasteiger charge is -2.34. The quantitative estimate of drug-likeness (QED) is 0.518. The molecule has 1 saturated heterocycles. The van der Waals surface area contributed by atoms with Gasteiger partial charge in [0.15, 0.2) is 0 Å². The van der Waals surface area contributed by atoms with Gasteiger partial charge >= 0.3 is 6.09 Å². The lowest BCUT2D eigenvalue weighted by Crippen LogP contribution is -2.52. The van der Waals surface area contributed by atoms with Crippen LogP contribution in [-0.4, -0.2) is 52.9 Å². The van der Waals surface area contributed by atoms with Crippen LogP contribution in [0.2, 0.25) is 0 Å². The number of hydrogen-bond donors (Lipinski definition) is 3. The summed E-state index contributed by atoms with van der Waals surface area (Å²) in [6.07, 6.45) is 0.498. The van der Waals surface area contributed by atoms with Crippen LogP contribution >= 0.6 is 0 Å². The summed E-state index contributed by atoms with van der Waals surface area (Å²) in [7, 11) is 0. The van der Waals surface area contributed by atoms with E-state index in [1.807, 2.05) is 0 Å². The summed E-state index contributed by atoms with van der Waals surface area (Å²) in [5, 5.41) is 5.10. The highest BCUT2D eigenvalue weighted by atomic mass is 16.6. The molecule has 11 nitrogen and oxygen atoms in total. The normalized spacial score (nSPS) is 22.8. The van der Waals surface area contributed by atoms with Gasteiger partial charge in [-0.15, -0.1) is 0 Å². The van der Waals surface area contributed by atoms with Gasteiger partial charge in [-0.05, 0) is 54.4 Å². The summed E-state index contributed by atoms with van der Waals surface area (Å²) in [4.78, 5) is 61.4. The molecular formula is C25H24N4O7. The molecule has 186 valence electrons. The smallest absolute Gasteiger partial charge is 0.404 e. The van der Waals surface area contributed by atoms with E-state index >= 15 is 0 Å². The first kappa shape index (κ1) is 23.3. The van der Waals surface area contributed by atoms with Crippen molar-refractivity contribution in [2.24, 2.45) is 5.73 Å². The van der Waals surface area contributed by atoms with E-state index < -0.39 is 18.0 Å². The summed E-state index contributed by atoms with van der Waals surface area (Å²) >= 11 is 0. The minimum Gasteiger partial charge on any atom is -0.490 e. The minimum absolute atomic E-state index is 0.0807. The van der Waals surface area contributed by atoms with Crippen molar-refractivity contribution in [3.8, 4) is 5.75 Å². The number of nitrogens with zero attached hydrogens (tertiary/aromatic N) is 1. The standard InChI is InChI=1S/C25H24N4O7/c26-25(34)36-18-10-17(11-18)35-16-4-1-13(2-5-16)22(31)27-15-3-6-19-14(9-15)12-29(24(19)33)20-7-8-21(30)28-23(20)32/h1-6,9,17-18,20H,7-8,10-12H2,(H2,26,34)(H,27,31)(H,28,30,32). The van der Waals surface area contributed by atoms with Crippen LogP contribution in [0.3, 0.4) is 0 Å². The van der Waals surface area contributed by atoms with E-state index in [-0.39, 0.29) is 49.3 Å². The number of hydrogen-bond acceptors (Lipinski definition) is 7. The third kappa shape index (κ3) is 4.72. The van der Waals surface area contributed by atoms with Crippen molar-refractivity contribution in [3.63, 3.8) is 0 Å². The van der Waals surface area contributed by atoms with E-state index in [0.717, 1.165) is 0 Å². The van der Waals surface area contributed by atoms with Gasteiger partial charge in [0.05, 0.1) is 0 Å². The molecule has 2 heterocycles. The van der Waals surface area contributed by atoms with E-state index in [0.29, 0.717) is 41.0 Å². The predicted octanol–water partition coefficient (Wildman–Crippen LogP) is 1.70. The fraction of sp³-hybridized carbons (Fsp3) is 0.320. The Hall–Kier alpha value is -4.41. The number of carbonyl (C=O) groups is 5. The highest BCUT2D eigenvalue weighted by molar-refractivity contribution is 6.07. The van der Waals surface area contributed by atoms with E-state index in [1.54, 1.807) is 42.5 Å². The molecule has 5 rings (SSSR count). The summed E-state index contributed by atoms with van der Waals surface area (Å²) in [5.41, 5.74) is 7.11. The third-order valence-electron chi connectivity index (χ3n) is 6.54. The second kappa shape index (κ2) is 9.33. The van der Waals surface area contributed by atoms with Gasteiger partial charge < -0.3 is 25.4 Å². The number of imide groups is 1. The summed E-state index contributed by atoms with van der Waals surface area (Å²) in [6.45, 7) is 0.225. The van der Waals surface area contributed by atoms with Gasteiger partial charge in [0.1, 0.15) is 24.0 Å². The van der Waals surface area contributed by atoms with Crippen molar-refractivity contribution in [1.82, 2.24) is 10.2 Å². The topological polar surface area (TPSA) is 157 Å². The first-order valence-electron chi connectivity index (χ1n) is 11.6. The van der Waals surface area contributed by atoms with Crippen LogP contribution in [0.1, 0.15) is 52.0 Å². The van der Waals surface area contributed by atoms with Gasteiger partial charge in [0.25, 0.3) is 11.8 Å². The number of amides is 5. The molecule has 36 heavy (non-hydrogen) atoms. The number of nitrogens with two attached hydrogens (primary N) is 1. The zero-order chi connectivity index (χ0) is 25.4. The van der Waals surface area contributed by atoms with Crippen molar-refractivity contribution in [3.05, 3.63) is 59.2 Å². The number of benzene rings is 2. The highest BCUT2D eigenvalue weighted by Crippen LogP contribution is 2.30. The van der Waals surface area contributed by atoms with Crippen LogP contribution in [0.4, 0.5) is 10.5 Å². The van der Waals surface area contributed by atoms with Gasteiger partial charge in [0.2, 0.25) is 11.8 Å². The van der Waals surface area contributed by atoms with E-state index in [1.165, 1.54) is 4.90 Å². The second-order valence-electron chi connectivity index (χ2n) is 9.02. The number of rotatable bonds is 6. The Morgan fingerprint density at radius 3 is 2.47 bits per heavy atom. The largest absolute Gasteiger partial charge is 0.490 e. The van der Waals surface area contributed by atoms with E-state index in [4.69, 9.17) is 15.2 Å². The van der Waals surface area contributed by atoms with Gasteiger partial charge in [-0.2, -0.15) is 0 Å². The van der Waals surface area contributed by atoms with Crippen molar-refractivity contribution < 1.29 is 33.4 Å². The van der Waals surface area contributed by atoms with E-state index in [9.17, 15) is 24.0 Å². The molecule has 1 saturated carbocycles. The Morgan fingerprint density at radius 2 is 1.78 bits per heavy atom. The van der Waals surface area contributed by atoms with Crippen LogP contribution in [-0.2, 0) is 20.9 Å². The molecule has 4 N–H and O–H groups in total.